The van der Waals surface area contributed by atoms with Gasteiger partial charge in [-0.05, 0) is 62.2 Å². The summed E-state index contributed by atoms with van der Waals surface area (Å²) in [6.07, 6.45) is 0.586. The number of benzene rings is 3. The van der Waals surface area contributed by atoms with Crippen molar-refractivity contribution in [2.75, 3.05) is 36.8 Å². The lowest BCUT2D eigenvalue weighted by Crippen LogP contribution is -2.19. The molecule has 0 aliphatic rings. The predicted octanol–water partition coefficient (Wildman–Crippen LogP) is 5.30. The van der Waals surface area contributed by atoms with E-state index < -0.39 is 12.0 Å². The molecular formula is C29H31N3O7. The number of rotatable bonds is 11. The van der Waals surface area contributed by atoms with E-state index in [1.54, 1.807) is 43.3 Å². The van der Waals surface area contributed by atoms with Gasteiger partial charge in [0.25, 0.3) is 0 Å². The van der Waals surface area contributed by atoms with E-state index in [0.29, 0.717) is 34.9 Å². The number of hydrogen-bond donors (Lipinski definition) is 3. The van der Waals surface area contributed by atoms with Crippen molar-refractivity contribution in [1.82, 2.24) is 0 Å². The Morgan fingerprint density at radius 1 is 0.769 bits per heavy atom. The fourth-order valence-corrected chi connectivity index (χ4v) is 3.67. The van der Waals surface area contributed by atoms with E-state index in [1.165, 1.54) is 33.3 Å². The average Bonchev–Trinajstić information content (AvgIpc) is 2.92. The van der Waals surface area contributed by atoms with Crippen LogP contribution in [0, 0.1) is 0 Å². The van der Waals surface area contributed by atoms with E-state index >= 15 is 0 Å². The zero-order chi connectivity index (χ0) is 28.4. The molecule has 0 saturated heterocycles. The molecule has 3 aromatic carbocycles. The first-order chi connectivity index (χ1) is 18.7. The molecule has 10 heteroatoms. The third-order valence-corrected chi connectivity index (χ3v) is 5.69. The quantitative estimate of drug-likeness (QED) is 0.225. The predicted molar refractivity (Wildman–Crippen MR) is 148 cm³/mol. The topological polar surface area (TPSA) is 132 Å². The molecule has 0 radical (unpaired) electrons. The van der Waals surface area contributed by atoms with Crippen LogP contribution in [0.5, 0.6) is 11.5 Å². The fraction of sp³-hybridized carbons (Fsp3) is 0.241. The SMILES string of the molecule is CCOC(=O)c1cc(OC)c(OC)cc1NC(=O)CCc1ccc(NC(=O)Nc2ccc(C(C)=O)cc2)cc1. The zero-order valence-corrected chi connectivity index (χ0v) is 22.3. The van der Waals surface area contributed by atoms with Crippen LogP contribution in [0.15, 0.2) is 60.7 Å². The Bertz CT molecular complexity index is 1340. The number of aryl methyl sites for hydroxylation is 1. The Morgan fingerprint density at radius 2 is 1.33 bits per heavy atom. The molecular weight excluding hydrogens is 502 g/mol. The number of urea groups is 1. The van der Waals surface area contributed by atoms with E-state index in [2.05, 4.69) is 16.0 Å². The number of esters is 1. The van der Waals surface area contributed by atoms with Crippen molar-refractivity contribution < 1.29 is 33.4 Å². The van der Waals surface area contributed by atoms with Gasteiger partial charge in [0.1, 0.15) is 0 Å². The van der Waals surface area contributed by atoms with Gasteiger partial charge in [0.2, 0.25) is 5.91 Å². The fourth-order valence-electron chi connectivity index (χ4n) is 3.67. The number of amides is 3. The van der Waals surface area contributed by atoms with E-state index in [9.17, 15) is 19.2 Å². The Balaban J connectivity index is 1.57. The number of methoxy groups -OCH3 is 2. The highest BCUT2D eigenvalue weighted by atomic mass is 16.5. The lowest BCUT2D eigenvalue weighted by Gasteiger charge is -2.15. The number of Topliss-reactive ketones (excluding diaryl/α,β-unsaturated/α-hetero) is 1. The molecule has 0 saturated carbocycles. The summed E-state index contributed by atoms with van der Waals surface area (Å²) in [7, 11) is 2.91. The number of nitrogens with one attached hydrogen (secondary N) is 3. The summed E-state index contributed by atoms with van der Waals surface area (Å²) >= 11 is 0. The molecule has 3 aromatic rings. The maximum Gasteiger partial charge on any atom is 0.340 e. The molecule has 3 rings (SSSR count). The first kappa shape index (κ1) is 28.7. The van der Waals surface area contributed by atoms with Crippen molar-refractivity contribution in [2.24, 2.45) is 0 Å². The summed E-state index contributed by atoms with van der Waals surface area (Å²) in [6.45, 7) is 3.35. The van der Waals surface area contributed by atoms with E-state index in [0.717, 1.165) is 5.56 Å². The van der Waals surface area contributed by atoms with E-state index in [4.69, 9.17) is 14.2 Å². The molecule has 39 heavy (non-hydrogen) atoms. The third kappa shape index (κ3) is 8.06. The largest absolute Gasteiger partial charge is 0.493 e. The van der Waals surface area contributed by atoms with Gasteiger partial charge in [0.05, 0.1) is 32.1 Å². The summed E-state index contributed by atoms with van der Waals surface area (Å²) in [6, 6.07) is 16.3. The van der Waals surface area contributed by atoms with Gasteiger partial charge < -0.3 is 30.2 Å². The molecule has 0 atom stereocenters. The molecule has 0 aliphatic carbocycles. The molecule has 3 amide bonds. The second-order valence-corrected chi connectivity index (χ2v) is 8.43. The molecule has 0 heterocycles. The van der Waals surface area contributed by atoms with E-state index in [1.807, 2.05) is 12.1 Å². The Hall–Kier alpha value is -4.86. The van der Waals surface area contributed by atoms with Gasteiger partial charge in [-0.25, -0.2) is 9.59 Å². The lowest BCUT2D eigenvalue weighted by atomic mass is 10.1. The van der Waals surface area contributed by atoms with Crippen LogP contribution >= 0.6 is 0 Å². The van der Waals surface area contributed by atoms with Crippen LogP contribution < -0.4 is 25.4 Å². The van der Waals surface area contributed by atoms with Crippen LogP contribution in [-0.4, -0.2) is 44.5 Å². The highest BCUT2D eigenvalue weighted by molar-refractivity contribution is 6.02. The minimum absolute atomic E-state index is 0.0500. The monoisotopic (exact) mass is 533 g/mol. The summed E-state index contributed by atoms with van der Waals surface area (Å²) in [5.41, 5.74) is 3.00. The highest BCUT2D eigenvalue weighted by Crippen LogP contribution is 2.34. The van der Waals surface area contributed by atoms with Gasteiger partial charge in [-0.2, -0.15) is 0 Å². The molecule has 3 N–H and O–H groups in total. The molecule has 0 aromatic heterocycles. The van der Waals surface area contributed by atoms with Crippen molar-refractivity contribution in [2.45, 2.75) is 26.7 Å². The van der Waals surface area contributed by atoms with Gasteiger partial charge in [-0.1, -0.05) is 12.1 Å². The van der Waals surface area contributed by atoms with Gasteiger partial charge in [-0.3, -0.25) is 9.59 Å². The van der Waals surface area contributed by atoms with Crippen LogP contribution in [-0.2, 0) is 16.0 Å². The third-order valence-electron chi connectivity index (χ3n) is 5.69. The second-order valence-electron chi connectivity index (χ2n) is 8.43. The van der Waals surface area contributed by atoms with Crippen molar-refractivity contribution in [3.63, 3.8) is 0 Å². The number of hydrogen-bond acceptors (Lipinski definition) is 7. The zero-order valence-electron chi connectivity index (χ0n) is 22.3. The van der Waals surface area contributed by atoms with Crippen molar-refractivity contribution >= 4 is 40.8 Å². The lowest BCUT2D eigenvalue weighted by molar-refractivity contribution is -0.116. The Morgan fingerprint density at radius 3 is 1.87 bits per heavy atom. The second kappa shape index (κ2) is 13.6. The van der Waals surface area contributed by atoms with Crippen LogP contribution in [0.4, 0.5) is 21.9 Å². The van der Waals surface area contributed by atoms with Crippen molar-refractivity contribution in [1.29, 1.82) is 0 Å². The summed E-state index contributed by atoms with van der Waals surface area (Å²) in [5.74, 6) is -0.238. The smallest absolute Gasteiger partial charge is 0.340 e. The molecule has 0 bridgehead atoms. The van der Waals surface area contributed by atoms with Crippen LogP contribution in [0.1, 0.15) is 46.5 Å². The average molecular weight is 534 g/mol. The van der Waals surface area contributed by atoms with Crippen molar-refractivity contribution in [3.05, 3.63) is 77.4 Å². The summed E-state index contributed by atoms with van der Waals surface area (Å²) in [4.78, 5) is 48.8. The number of carbonyl (C=O) groups excluding carboxylic acids is 4. The molecule has 204 valence electrons. The van der Waals surface area contributed by atoms with E-state index in [-0.39, 0.29) is 36.0 Å². The molecule has 0 spiro atoms. The first-order valence-electron chi connectivity index (χ1n) is 12.2. The van der Waals surface area contributed by atoms with Crippen LogP contribution in [0.2, 0.25) is 0 Å². The Kier molecular flexibility index (Phi) is 10.0. The number of ether oxygens (including phenoxy) is 3. The maximum atomic E-state index is 12.7. The minimum Gasteiger partial charge on any atom is -0.493 e. The highest BCUT2D eigenvalue weighted by Gasteiger charge is 2.19. The minimum atomic E-state index is -0.589. The molecule has 10 nitrogen and oxygen atoms in total. The Labute approximate surface area is 226 Å². The normalized spacial score (nSPS) is 10.3. The molecule has 0 fully saturated rings. The summed E-state index contributed by atoms with van der Waals surface area (Å²) in [5, 5.41) is 8.20. The van der Waals surface area contributed by atoms with Gasteiger partial charge in [0, 0.05) is 35.5 Å². The van der Waals surface area contributed by atoms with Crippen molar-refractivity contribution in [3.8, 4) is 11.5 Å². The summed E-state index contributed by atoms with van der Waals surface area (Å²) < 4.78 is 15.7. The van der Waals surface area contributed by atoms with Crippen LogP contribution in [0.3, 0.4) is 0 Å². The molecule has 0 aliphatic heterocycles. The van der Waals surface area contributed by atoms with Gasteiger partial charge in [-0.15, -0.1) is 0 Å². The molecule has 0 unspecified atom stereocenters. The van der Waals surface area contributed by atoms with Gasteiger partial charge in [0.15, 0.2) is 17.3 Å². The number of carbonyl (C=O) groups is 4. The standard InChI is InChI=1S/C29H31N3O7/c1-5-39-28(35)23-16-25(37-3)26(38-4)17-24(23)32-27(34)15-8-19-6-11-21(12-7-19)30-29(36)31-22-13-9-20(10-14-22)18(2)33/h6-7,9-14,16-17H,5,8,15H2,1-4H3,(H,32,34)(H2,30,31,36). The number of anilines is 3. The maximum absolute atomic E-state index is 12.7. The first-order valence-corrected chi connectivity index (χ1v) is 12.2. The van der Waals surface area contributed by atoms with Gasteiger partial charge >= 0.3 is 12.0 Å². The van der Waals surface area contributed by atoms with Crippen LogP contribution in [0.25, 0.3) is 0 Å². The number of ketones is 1.